The van der Waals surface area contributed by atoms with Crippen LogP contribution in [0.15, 0.2) is 0 Å². The number of amides is 1. The Balaban J connectivity index is 0.00000289. The van der Waals surface area contributed by atoms with Gasteiger partial charge in [-0.15, -0.1) is 12.4 Å². The predicted octanol–water partition coefficient (Wildman–Crippen LogP) is 1.40. The van der Waals surface area contributed by atoms with Gasteiger partial charge in [0.2, 0.25) is 5.91 Å². The van der Waals surface area contributed by atoms with E-state index in [1.165, 1.54) is 0 Å². The van der Waals surface area contributed by atoms with E-state index in [-0.39, 0.29) is 29.9 Å². The molecule has 1 fully saturated rings. The fraction of sp³-hybridized carbons (Fsp3) is 0.923. The summed E-state index contributed by atoms with van der Waals surface area (Å²) in [5.41, 5.74) is -0.106. The number of halogens is 1. The van der Waals surface area contributed by atoms with Crippen LogP contribution in [0, 0.1) is 0 Å². The highest BCUT2D eigenvalue weighted by atomic mass is 35.5. The van der Waals surface area contributed by atoms with Crippen molar-refractivity contribution in [1.29, 1.82) is 0 Å². The molecule has 108 valence electrons. The molecule has 5 heteroatoms. The van der Waals surface area contributed by atoms with Crippen molar-refractivity contribution in [3.63, 3.8) is 0 Å². The van der Waals surface area contributed by atoms with Crippen molar-refractivity contribution in [3.05, 3.63) is 0 Å². The summed E-state index contributed by atoms with van der Waals surface area (Å²) in [7, 11) is 0. The zero-order valence-corrected chi connectivity index (χ0v) is 13.1. The fourth-order valence-corrected chi connectivity index (χ4v) is 2.01. The maximum atomic E-state index is 12.2. The van der Waals surface area contributed by atoms with Crippen molar-refractivity contribution in [1.82, 2.24) is 15.5 Å². The monoisotopic (exact) mass is 277 g/mol. The predicted molar refractivity (Wildman–Crippen MR) is 78.3 cm³/mol. The minimum Gasteiger partial charge on any atom is -0.350 e. The largest absolute Gasteiger partial charge is 0.350 e. The SMILES string of the molecule is CCC(C)(C)NC(=O)C(C)N1CCNC(C)C1.Cl. The minimum atomic E-state index is -0.106. The zero-order valence-electron chi connectivity index (χ0n) is 12.2. The van der Waals surface area contributed by atoms with E-state index in [2.05, 4.69) is 43.2 Å². The van der Waals surface area contributed by atoms with Crippen molar-refractivity contribution >= 4 is 18.3 Å². The molecule has 1 amide bonds. The summed E-state index contributed by atoms with van der Waals surface area (Å²) in [5, 5.41) is 6.51. The Morgan fingerprint density at radius 1 is 1.56 bits per heavy atom. The van der Waals surface area contributed by atoms with Gasteiger partial charge in [-0.1, -0.05) is 6.92 Å². The number of carbonyl (C=O) groups excluding carboxylic acids is 1. The van der Waals surface area contributed by atoms with Crippen LogP contribution >= 0.6 is 12.4 Å². The number of carbonyl (C=O) groups is 1. The van der Waals surface area contributed by atoms with Crippen LogP contribution in [0.4, 0.5) is 0 Å². The van der Waals surface area contributed by atoms with E-state index in [4.69, 9.17) is 0 Å². The van der Waals surface area contributed by atoms with Crippen LogP contribution < -0.4 is 10.6 Å². The number of rotatable bonds is 4. The van der Waals surface area contributed by atoms with Crippen molar-refractivity contribution in [3.8, 4) is 0 Å². The van der Waals surface area contributed by atoms with Crippen LogP contribution in [-0.4, -0.2) is 48.1 Å². The summed E-state index contributed by atoms with van der Waals surface area (Å²) in [5.74, 6) is 0.144. The zero-order chi connectivity index (χ0) is 13.1. The van der Waals surface area contributed by atoms with E-state index in [0.29, 0.717) is 6.04 Å². The van der Waals surface area contributed by atoms with E-state index in [1.807, 2.05) is 6.92 Å². The molecule has 18 heavy (non-hydrogen) atoms. The smallest absolute Gasteiger partial charge is 0.237 e. The van der Waals surface area contributed by atoms with Gasteiger partial charge in [-0.2, -0.15) is 0 Å². The molecule has 1 aliphatic rings. The van der Waals surface area contributed by atoms with Crippen molar-refractivity contribution in [2.75, 3.05) is 19.6 Å². The maximum absolute atomic E-state index is 12.2. The molecule has 0 aromatic heterocycles. The molecule has 1 heterocycles. The van der Waals surface area contributed by atoms with Crippen molar-refractivity contribution in [2.24, 2.45) is 0 Å². The van der Waals surface area contributed by atoms with Gasteiger partial charge in [-0.3, -0.25) is 9.69 Å². The third kappa shape index (κ3) is 5.12. The molecule has 1 saturated heterocycles. The third-order valence-electron chi connectivity index (χ3n) is 3.67. The lowest BCUT2D eigenvalue weighted by molar-refractivity contribution is -0.128. The van der Waals surface area contributed by atoms with E-state index < -0.39 is 0 Å². The van der Waals surface area contributed by atoms with Crippen LogP contribution in [-0.2, 0) is 4.79 Å². The van der Waals surface area contributed by atoms with Gasteiger partial charge >= 0.3 is 0 Å². The normalized spacial score (nSPS) is 23.1. The molecule has 0 bridgehead atoms. The number of nitrogens with zero attached hydrogens (tertiary/aromatic N) is 1. The average Bonchev–Trinajstić information content (AvgIpc) is 2.27. The topological polar surface area (TPSA) is 44.4 Å². The number of hydrogen-bond donors (Lipinski definition) is 2. The Kier molecular flexibility index (Phi) is 7.18. The molecule has 4 nitrogen and oxygen atoms in total. The van der Waals surface area contributed by atoms with Crippen LogP contribution in [0.3, 0.4) is 0 Å². The second kappa shape index (κ2) is 7.31. The quantitative estimate of drug-likeness (QED) is 0.816. The second-order valence-corrected chi connectivity index (χ2v) is 5.75. The van der Waals surface area contributed by atoms with Crippen molar-refractivity contribution in [2.45, 2.75) is 58.7 Å². The first-order chi connectivity index (χ1) is 7.85. The molecule has 0 spiro atoms. The second-order valence-electron chi connectivity index (χ2n) is 5.75. The lowest BCUT2D eigenvalue weighted by atomic mass is 10.0. The Bertz CT molecular complexity index is 271. The highest BCUT2D eigenvalue weighted by molar-refractivity contribution is 5.85. The van der Waals surface area contributed by atoms with Crippen LogP contribution in [0.5, 0.6) is 0 Å². The summed E-state index contributed by atoms with van der Waals surface area (Å²) in [6.45, 7) is 13.3. The molecule has 0 aromatic carbocycles. The summed E-state index contributed by atoms with van der Waals surface area (Å²) in [6.07, 6.45) is 0.948. The Labute approximate surface area is 117 Å². The average molecular weight is 278 g/mol. The highest BCUT2D eigenvalue weighted by Gasteiger charge is 2.28. The molecule has 0 radical (unpaired) electrons. The lowest BCUT2D eigenvalue weighted by Gasteiger charge is -2.37. The van der Waals surface area contributed by atoms with Crippen molar-refractivity contribution < 1.29 is 4.79 Å². The minimum absolute atomic E-state index is 0. The Morgan fingerprint density at radius 2 is 2.17 bits per heavy atom. The number of piperazine rings is 1. The summed E-state index contributed by atoms with van der Waals surface area (Å²) in [6, 6.07) is 0.434. The number of hydrogen-bond acceptors (Lipinski definition) is 3. The van der Waals surface area contributed by atoms with Gasteiger partial charge in [0, 0.05) is 31.2 Å². The molecule has 2 atom stereocenters. The van der Waals surface area contributed by atoms with Crippen LogP contribution in [0.1, 0.15) is 41.0 Å². The molecule has 0 aliphatic carbocycles. The molecular weight excluding hydrogens is 250 g/mol. The lowest BCUT2D eigenvalue weighted by Crippen LogP contribution is -2.58. The van der Waals surface area contributed by atoms with Gasteiger partial charge in [0.1, 0.15) is 0 Å². The third-order valence-corrected chi connectivity index (χ3v) is 3.67. The van der Waals surface area contributed by atoms with Gasteiger partial charge in [-0.25, -0.2) is 0 Å². The highest BCUT2D eigenvalue weighted by Crippen LogP contribution is 2.10. The molecule has 2 unspecified atom stereocenters. The summed E-state index contributed by atoms with van der Waals surface area (Å²) < 4.78 is 0. The summed E-state index contributed by atoms with van der Waals surface area (Å²) in [4.78, 5) is 14.4. The van der Waals surface area contributed by atoms with Crippen LogP contribution in [0.25, 0.3) is 0 Å². The van der Waals surface area contributed by atoms with Gasteiger partial charge in [0.05, 0.1) is 6.04 Å². The van der Waals surface area contributed by atoms with E-state index in [9.17, 15) is 4.79 Å². The van der Waals surface area contributed by atoms with Crippen LogP contribution in [0.2, 0.25) is 0 Å². The molecular formula is C13H28ClN3O. The van der Waals surface area contributed by atoms with Gasteiger partial charge < -0.3 is 10.6 Å². The van der Waals surface area contributed by atoms with E-state index >= 15 is 0 Å². The van der Waals surface area contributed by atoms with Gasteiger partial charge in [0.25, 0.3) is 0 Å². The first-order valence-electron chi connectivity index (χ1n) is 6.65. The molecule has 2 N–H and O–H groups in total. The maximum Gasteiger partial charge on any atom is 0.237 e. The Morgan fingerprint density at radius 3 is 2.67 bits per heavy atom. The van der Waals surface area contributed by atoms with E-state index in [1.54, 1.807) is 0 Å². The molecule has 1 aliphatic heterocycles. The van der Waals surface area contributed by atoms with Gasteiger partial charge in [-0.05, 0) is 34.1 Å². The number of nitrogens with one attached hydrogen (secondary N) is 2. The Hall–Kier alpha value is -0.320. The molecule has 0 aromatic rings. The van der Waals surface area contributed by atoms with E-state index in [0.717, 1.165) is 26.1 Å². The first kappa shape index (κ1) is 17.7. The molecule has 0 saturated carbocycles. The summed E-state index contributed by atoms with van der Waals surface area (Å²) >= 11 is 0. The fourth-order valence-electron chi connectivity index (χ4n) is 2.01. The van der Waals surface area contributed by atoms with Gasteiger partial charge in [0.15, 0.2) is 0 Å². The molecule has 1 rings (SSSR count). The first-order valence-corrected chi connectivity index (χ1v) is 6.65. The standard InChI is InChI=1S/C13H27N3O.ClH/c1-6-13(4,5)15-12(17)11(3)16-8-7-14-10(2)9-16;/h10-11,14H,6-9H2,1-5H3,(H,15,17);1H.